The second-order valence-corrected chi connectivity index (χ2v) is 4.81. The highest BCUT2D eigenvalue weighted by Gasteiger charge is 2.17. The number of hydrogen-bond acceptors (Lipinski definition) is 3. The molecule has 0 radical (unpaired) electrons. The van der Waals surface area contributed by atoms with E-state index in [0.717, 1.165) is 32.5 Å². The summed E-state index contributed by atoms with van der Waals surface area (Å²) in [5.41, 5.74) is 8.43. The van der Waals surface area contributed by atoms with Crippen LogP contribution in [0.4, 0.5) is 0 Å². The van der Waals surface area contributed by atoms with E-state index in [1.165, 1.54) is 11.1 Å². The Kier molecular flexibility index (Phi) is 2.82. The number of nitrogens with zero attached hydrogens (tertiary/aromatic N) is 3. The van der Waals surface area contributed by atoms with Crippen molar-refractivity contribution in [1.29, 1.82) is 0 Å². The molecule has 17 heavy (non-hydrogen) atoms. The molecule has 3 heterocycles. The number of hydrogen-bond donors (Lipinski definition) is 1. The predicted octanol–water partition coefficient (Wildman–Crippen LogP) is 1.26. The van der Waals surface area contributed by atoms with Crippen molar-refractivity contribution in [2.45, 2.75) is 25.4 Å². The van der Waals surface area contributed by atoms with Gasteiger partial charge in [-0.25, -0.2) is 4.52 Å². The number of aromatic nitrogens is 2. The fourth-order valence-electron chi connectivity index (χ4n) is 2.46. The van der Waals surface area contributed by atoms with Gasteiger partial charge in [-0.3, -0.25) is 4.90 Å². The highest BCUT2D eigenvalue weighted by atomic mass is 15.2. The molecule has 1 fully saturated rings. The minimum Gasteiger partial charge on any atom is -0.328 e. The highest BCUT2D eigenvalue weighted by molar-refractivity contribution is 5.53. The molecule has 0 aromatic carbocycles. The molecular formula is C13H18N4. The number of piperidine rings is 1. The van der Waals surface area contributed by atoms with Gasteiger partial charge in [0.1, 0.15) is 0 Å². The van der Waals surface area contributed by atoms with Crippen LogP contribution in [0, 0.1) is 0 Å². The molecule has 2 aromatic heterocycles. The summed E-state index contributed by atoms with van der Waals surface area (Å²) in [5, 5.41) is 4.36. The van der Waals surface area contributed by atoms with Gasteiger partial charge in [0.2, 0.25) is 0 Å². The molecule has 0 unspecified atom stereocenters. The van der Waals surface area contributed by atoms with Crippen molar-refractivity contribution in [2.24, 2.45) is 5.73 Å². The van der Waals surface area contributed by atoms with E-state index in [1.807, 2.05) is 23.0 Å². The lowest BCUT2D eigenvalue weighted by Crippen LogP contribution is -2.39. The van der Waals surface area contributed by atoms with Crippen molar-refractivity contribution in [3.05, 3.63) is 36.2 Å². The first-order valence-electron chi connectivity index (χ1n) is 6.22. The van der Waals surface area contributed by atoms with Gasteiger partial charge >= 0.3 is 0 Å². The van der Waals surface area contributed by atoms with E-state index < -0.39 is 0 Å². The summed E-state index contributed by atoms with van der Waals surface area (Å²) in [4.78, 5) is 2.47. The zero-order valence-electron chi connectivity index (χ0n) is 9.92. The average molecular weight is 230 g/mol. The highest BCUT2D eigenvalue weighted by Crippen LogP contribution is 2.16. The molecule has 3 rings (SSSR count). The van der Waals surface area contributed by atoms with E-state index in [1.54, 1.807) is 0 Å². The van der Waals surface area contributed by atoms with E-state index in [2.05, 4.69) is 22.1 Å². The Balaban J connectivity index is 1.76. The van der Waals surface area contributed by atoms with Crippen LogP contribution in [0.5, 0.6) is 0 Å². The molecule has 0 spiro atoms. The number of rotatable bonds is 2. The molecule has 2 aromatic rings. The van der Waals surface area contributed by atoms with Crippen LogP contribution in [0.1, 0.15) is 18.4 Å². The SMILES string of the molecule is NC1CCN(Cc2cnn3ccccc23)CC1. The second kappa shape index (κ2) is 4.47. The minimum absolute atomic E-state index is 0.398. The molecular weight excluding hydrogens is 212 g/mol. The average Bonchev–Trinajstić information content (AvgIpc) is 2.76. The maximum atomic E-state index is 5.92. The zero-order chi connectivity index (χ0) is 11.7. The summed E-state index contributed by atoms with van der Waals surface area (Å²) >= 11 is 0. The van der Waals surface area contributed by atoms with Crippen molar-refractivity contribution >= 4 is 5.52 Å². The van der Waals surface area contributed by atoms with Crippen molar-refractivity contribution < 1.29 is 0 Å². The second-order valence-electron chi connectivity index (χ2n) is 4.81. The number of likely N-dealkylation sites (tertiary alicyclic amines) is 1. The van der Waals surface area contributed by atoms with E-state index in [9.17, 15) is 0 Å². The monoisotopic (exact) mass is 230 g/mol. The van der Waals surface area contributed by atoms with Crippen molar-refractivity contribution in [1.82, 2.24) is 14.5 Å². The van der Waals surface area contributed by atoms with Crippen molar-refractivity contribution in [3.8, 4) is 0 Å². The van der Waals surface area contributed by atoms with Crippen LogP contribution < -0.4 is 5.73 Å². The van der Waals surface area contributed by atoms with E-state index in [4.69, 9.17) is 5.73 Å². The molecule has 0 atom stereocenters. The van der Waals surface area contributed by atoms with Gasteiger partial charge in [-0.05, 0) is 38.1 Å². The van der Waals surface area contributed by atoms with Crippen LogP contribution in [0.25, 0.3) is 5.52 Å². The van der Waals surface area contributed by atoms with Gasteiger partial charge in [-0.15, -0.1) is 0 Å². The topological polar surface area (TPSA) is 46.6 Å². The van der Waals surface area contributed by atoms with Gasteiger partial charge < -0.3 is 5.73 Å². The smallest absolute Gasteiger partial charge is 0.0706 e. The van der Waals surface area contributed by atoms with Crippen LogP contribution in [-0.4, -0.2) is 33.6 Å². The summed E-state index contributed by atoms with van der Waals surface area (Å²) in [7, 11) is 0. The Hall–Kier alpha value is -1.39. The van der Waals surface area contributed by atoms with Gasteiger partial charge in [0, 0.05) is 24.3 Å². The Morgan fingerprint density at radius 3 is 2.94 bits per heavy atom. The quantitative estimate of drug-likeness (QED) is 0.844. The van der Waals surface area contributed by atoms with E-state index in [0.29, 0.717) is 6.04 Å². The lowest BCUT2D eigenvalue weighted by Gasteiger charge is -2.29. The first-order chi connectivity index (χ1) is 8.33. The van der Waals surface area contributed by atoms with Gasteiger partial charge in [0.25, 0.3) is 0 Å². The van der Waals surface area contributed by atoms with Crippen LogP contribution >= 0.6 is 0 Å². The Labute approximate surface area is 101 Å². The largest absolute Gasteiger partial charge is 0.328 e. The predicted molar refractivity (Wildman–Crippen MR) is 67.7 cm³/mol. The molecule has 0 amide bonds. The van der Waals surface area contributed by atoms with Crippen LogP contribution in [0.3, 0.4) is 0 Å². The third-order valence-corrected chi connectivity index (χ3v) is 3.53. The van der Waals surface area contributed by atoms with Gasteiger partial charge in [-0.2, -0.15) is 5.10 Å². The zero-order valence-corrected chi connectivity index (χ0v) is 9.92. The third kappa shape index (κ3) is 2.18. The van der Waals surface area contributed by atoms with Crippen molar-refractivity contribution in [3.63, 3.8) is 0 Å². The van der Waals surface area contributed by atoms with Crippen LogP contribution in [-0.2, 0) is 6.54 Å². The minimum atomic E-state index is 0.398. The fourth-order valence-corrected chi connectivity index (χ4v) is 2.46. The Morgan fingerprint density at radius 1 is 1.29 bits per heavy atom. The van der Waals surface area contributed by atoms with Crippen LogP contribution in [0.15, 0.2) is 30.6 Å². The summed E-state index contributed by atoms with van der Waals surface area (Å²) in [5.74, 6) is 0. The molecule has 1 aliphatic heterocycles. The molecule has 1 saturated heterocycles. The van der Waals surface area contributed by atoms with Gasteiger partial charge in [0.05, 0.1) is 11.7 Å². The first-order valence-corrected chi connectivity index (χ1v) is 6.22. The van der Waals surface area contributed by atoms with Crippen molar-refractivity contribution in [2.75, 3.05) is 13.1 Å². The summed E-state index contributed by atoms with van der Waals surface area (Å²) in [6.45, 7) is 3.19. The molecule has 90 valence electrons. The van der Waals surface area contributed by atoms with E-state index >= 15 is 0 Å². The first kappa shape index (κ1) is 10.7. The molecule has 0 aliphatic carbocycles. The summed E-state index contributed by atoms with van der Waals surface area (Å²) in [6.07, 6.45) is 6.19. The van der Waals surface area contributed by atoms with Crippen LogP contribution in [0.2, 0.25) is 0 Å². The number of nitrogens with two attached hydrogens (primary N) is 1. The molecule has 2 N–H and O–H groups in total. The van der Waals surface area contributed by atoms with Gasteiger partial charge in [-0.1, -0.05) is 6.07 Å². The molecule has 1 aliphatic rings. The lowest BCUT2D eigenvalue weighted by atomic mass is 10.1. The Bertz CT molecular complexity index is 497. The number of fused-ring (bicyclic) bond motifs is 1. The summed E-state index contributed by atoms with van der Waals surface area (Å²) in [6, 6.07) is 6.59. The fraction of sp³-hybridized carbons (Fsp3) is 0.462. The molecule has 0 saturated carbocycles. The molecule has 4 nitrogen and oxygen atoms in total. The Morgan fingerprint density at radius 2 is 2.12 bits per heavy atom. The standard InChI is InChI=1S/C13H18N4/c14-12-4-7-16(8-5-12)10-11-9-15-17-6-2-1-3-13(11)17/h1-3,6,9,12H,4-5,7-8,10,14H2. The maximum Gasteiger partial charge on any atom is 0.0706 e. The maximum absolute atomic E-state index is 5.92. The molecule has 0 bridgehead atoms. The van der Waals surface area contributed by atoms with Gasteiger partial charge in [0.15, 0.2) is 0 Å². The lowest BCUT2D eigenvalue weighted by molar-refractivity contribution is 0.206. The number of pyridine rings is 1. The third-order valence-electron chi connectivity index (χ3n) is 3.53. The summed E-state index contributed by atoms with van der Waals surface area (Å²) < 4.78 is 1.94. The molecule has 4 heteroatoms. The normalized spacial score (nSPS) is 18.9. The van der Waals surface area contributed by atoms with E-state index in [-0.39, 0.29) is 0 Å².